The number of hydrogen-bond donors (Lipinski definition) is 1. The predicted octanol–water partition coefficient (Wildman–Crippen LogP) is 2.25. The standard InChI is InChI=1S/C19H23N3O3/c1-13-5-3-4-6-17(13)19(24)20-15-7-9-22(10-8-15)18(23)12-16-11-14(2)25-21-16/h3-6,11,15H,7-10,12H2,1-2H3,(H,20,24). The Kier molecular flexibility index (Phi) is 5.16. The smallest absolute Gasteiger partial charge is 0.251 e. The lowest BCUT2D eigenvalue weighted by atomic mass is 10.0. The molecule has 0 atom stereocenters. The van der Waals surface area contributed by atoms with Crippen LogP contribution in [0.15, 0.2) is 34.9 Å². The molecule has 1 aliphatic heterocycles. The number of hydrogen-bond acceptors (Lipinski definition) is 4. The van der Waals surface area contributed by atoms with E-state index in [1.54, 1.807) is 6.07 Å². The van der Waals surface area contributed by atoms with E-state index in [2.05, 4.69) is 10.5 Å². The van der Waals surface area contributed by atoms with Crippen molar-refractivity contribution in [3.63, 3.8) is 0 Å². The van der Waals surface area contributed by atoms with Crippen LogP contribution in [0.25, 0.3) is 0 Å². The molecule has 1 saturated heterocycles. The van der Waals surface area contributed by atoms with Gasteiger partial charge in [0, 0.05) is 30.8 Å². The fourth-order valence-electron chi connectivity index (χ4n) is 3.13. The highest BCUT2D eigenvalue weighted by Gasteiger charge is 2.25. The van der Waals surface area contributed by atoms with Crippen molar-refractivity contribution in [1.29, 1.82) is 0 Å². The molecule has 0 bridgehead atoms. The van der Waals surface area contributed by atoms with E-state index in [-0.39, 0.29) is 24.3 Å². The molecule has 3 rings (SSSR count). The van der Waals surface area contributed by atoms with Crippen molar-refractivity contribution >= 4 is 11.8 Å². The van der Waals surface area contributed by atoms with Crippen LogP contribution in [0.5, 0.6) is 0 Å². The summed E-state index contributed by atoms with van der Waals surface area (Å²) in [6, 6.07) is 9.45. The first-order valence-corrected chi connectivity index (χ1v) is 8.59. The van der Waals surface area contributed by atoms with Gasteiger partial charge in [-0.25, -0.2) is 0 Å². The molecule has 6 heteroatoms. The Morgan fingerprint density at radius 1 is 1.24 bits per heavy atom. The number of carbonyl (C=O) groups is 2. The molecule has 25 heavy (non-hydrogen) atoms. The Balaban J connectivity index is 1.49. The number of amides is 2. The van der Waals surface area contributed by atoms with Gasteiger partial charge in [0.1, 0.15) is 5.76 Å². The van der Waals surface area contributed by atoms with Crippen LogP contribution in [0.2, 0.25) is 0 Å². The molecule has 2 aromatic rings. The number of carbonyl (C=O) groups excluding carboxylic acids is 2. The molecule has 1 fully saturated rings. The number of nitrogens with zero attached hydrogens (tertiary/aromatic N) is 2. The summed E-state index contributed by atoms with van der Waals surface area (Å²) >= 11 is 0. The number of aromatic nitrogens is 1. The Labute approximate surface area is 147 Å². The molecule has 1 aromatic carbocycles. The SMILES string of the molecule is Cc1cc(CC(=O)N2CCC(NC(=O)c3ccccc3C)CC2)no1. The van der Waals surface area contributed by atoms with E-state index in [1.165, 1.54) is 0 Å². The van der Waals surface area contributed by atoms with Gasteiger partial charge in [0.25, 0.3) is 5.91 Å². The van der Waals surface area contributed by atoms with Crippen LogP contribution in [-0.4, -0.2) is 41.0 Å². The lowest BCUT2D eigenvalue weighted by Crippen LogP contribution is -2.47. The maximum absolute atomic E-state index is 12.4. The van der Waals surface area contributed by atoms with Crippen molar-refractivity contribution in [1.82, 2.24) is 15.4 Å². The summed E-state index contributed by atoms with van der Waals surface area (Å²) in [5.74, 6) is 0.721. The second-order valence-corrected chi connectivity index (χ2v) is 6.55. The van der Waals surface area contributed by atoms with Crippen LogP contribution in [0.3, 0.4) is 0 Å². The maximum Gasteiger partial charge on any atom is 0.251 e. The highest BCUT2D eigenvalue weighted by molar-refractivity contribution is 5.95. The largest absolute Gasteiger partial charge is 0.361 e. The van der Waals surface area contributed by atoms with Crippen molar-refractivity contribution < 1.29 is 14.1 Å². The number of piperidine rings is 1. The lowest BCUT2D eigenvalue weighted by Gasteiger charge is -2.32. The van der Waals surface area contributed by atoms with E-state index in [1.807, 2.05) is 43.0 Å². The highest BCUT2D eigenvalue weighted by atomic mass is 16.5. The third-order valence-electron chi connectivity index (χ3n) is 4.58. The first kappa shape index (κ1) is 17.2. The molecule has 2 amide bonds. The van der Waals surface area contributed by atoms with Crippen molar-refractivity contribution in [2.24, 2.45) is 0 Å². The van der Waals surface area contributed by atoms with E-state index < -0.39 is 0 Å². The van der Waals surface area contributed by atoms with Gasteiger partial charge in [-0.2, -0.15) is 0 Å². The fraction of sp³-hybridized carbons (Fsp3) is 0.421. The van der Waals surface area contributed by atoms with E-state index >= 15 is 0 Å². The third kappa shape index (κ3) is 4.26. The molecule has 1 N–H and O–H groups in total. The Bertz CT molecular complexity index is 761. The Hall–Kier alpha value is -2.63. The first-order chi connectivity index (χ1) is 12.0. The highest BCUT2D eigenvalue weighted by Crippen LogP contribution is 2.14. The zero-order valence-corrected chi connectivity index (χ0v) is 14.6. The summed E-state index contributed by atoms with van der Waals surface area (Å²) in [6.07, 6.45) is 1.79. The number of nitrogens with one attached hydrogen (secondary N) is 1. The second kappa shape index (κ2) is 7.51. The minimum atomic E-state index is -0.0408. The first-order valence-electron chi connectivity index (χ1n) is 8.59. The van der Waals surface area contributed by atoms with Crippen molar-refractivity contribution in [3.8, 4) is 0 Å². The second-order valence-electron chi connectivity index (χ2n) is 6.55. The predicted molar refractivity (Wildman–Crippen MR) is 93.2 cm³/mol. The third-order valence-corrected chi connectivity index (χ3v) is 4.58. The summed E-state index contributed by atoms with van der Waals surface area (Å²) in [7, 11) is 0. The minimum absolute atomic E-state index is 0.0408. The van der Waals surface area contributed by atoms with Gasteiger partial charge in [-0.15, -0.1) is 0 Å². The summed E-state index contributed by atoms with van der Waals surface area (Å²) in [6.45, 7) is 5.04. The summed E-state index contributed by atoms with van der Waals surface area (Å²) in [5, 5.41) is 6.95. The van der Waals surface area contributed by atoms with Crippen molar-refractivity contribution in [3.05, 3.63) is 52.9 Å². The molecule has 0 unspecified atom stereocenters. The quantitative estimate of drug-likeness (QED) is 0.925. The minimum Gasteiger partial charge on any atom is -0.361 e. The van der Waals surface area contributed by atoms with E-state index in [0.717, 1.165) is 18.4 Å². The molecule has 6 nitrogen and oxygen atoms in total. The summed E-state index contributed by atoms with van der Waals surface area (Å²) in [4.78, 5) is 26.5. The molecule has 2 heterocycles. The molecule has 1 aromatic heterocycles. The molecule has 0 aliphatic carbocycles. The molecular formula is C19H23N3O3. The van der Waals surface area contributed by atoms with Crippen LogP contribution in [0, 0.1) is 13.8 Å². The summed E-state index contributed by atoms with van der Waals surface area (Å²) in [5.41, 5.74) is 2.34. The van der Waals surface area contributed by atoms with Gasteiger partial charge in [-0.3, -0.25) is 9.59 Å². The molecule has 1 aliphatic rings. The zero-order valence-electron chi connectivity index (χ0n) is 14.6. The fourth-order valence-corrected chi connectivity index (χ4v) is 3.13. The monoisotopic (exact) mass is 341 g/mol. The van der Waals surface area contributed by atoms with Crippen LogP contribution < -0.4 is 5.32 Å². The molecule has 0 radical (unpaired) electrons. The van der Waals surface area contributed by atoms with Crippen LogP contribution >= 0.6 is 0 Å². The maximum atomic E-state index is 12.4. The average molecular weight is 341 g/mol. The van der Waals surface area contributed by atoms with E-state index in [9.17, 15) is 9.59 Å². The van der Waals surface area contributed by atoms with Gasteiger partial charge in [-0.1, -0.05) is 23.4 Å². The van der Waals surface area contributed by atoms with Gasteiger partial charge in [0.2, 0.25) is 5.91 Å². The van der Waals surface area contributed by atoms with E-state index in [0.29, 0.717) is 30.1 Å². The van der Waals surface area contributed by atoms with E-state index in [4.69, 9.17) is 4.52 Å². The normalized spacial score (nSPS) is 15.2. The molecule has 0 saturated carbocycles. The van der Waals surface area contributed by atoms with Gasteiger partial charge in [0.05, 0.1) is 12.1 Å². The molecule has 0 spiro atoms. The summed E-state index contributed by atoms with van der Waals surface area (Å²) < 4.78 is 5.00. The van der Waals surface area contributed by atoms with Gasteiger partial charge in [0.15, 0.2) is 0 Å². The molecular weight excluding hydrogens is 318 g/mol. The topological polar surface area (TPSA) is 75.4 Å². The van der Waals surface area contributed by atoms with Crippen molar-refractivity contribution in [2.45, 2.75) is 39.2 Å². The van der Waals surface area contributed by atoms with Gasteiger partial charge >= 0.3 is 0 Å². The van der Waals surface area contributed by atoms with Gasteiger partial charge in [-0.05, 0) is 38.3 Å². The number of aryl methyl sites for hydroxylation is 2. The van der Waals surface area contributed by atoms with Crippen LogP contribution in [-0.2, 0) is 11.2 Å². The Morgan fingerprint density at radius 3 is 2.60 bits per heavy atom. The lowest BCUT2D eigenvalue weighted by molar-refractivity contribution is -0.131. The number of rotatable bonds is 4. The van der Waals surface area contributed by atoms with Crippen molar-refractivity contribution in [2.75, 3.05) is 13.1 Å². The average Bonchev–Trinajstić information content (AvgIpc) is 3.00. The number of benzene rings is 1. The van der Waals surface area contributed by atoms with Crippen LogP contribution in [0.4, 0.5) is 0 Å². The molecule has 132 valence electrons. The zero-order chi connectivity index (χ0) is 17.8. The van der Waals surface area contributed by atoms with Gasteiger partial charge < -0.3 is 14.7 Å². The Morgan fingerprint density at radius 2 is 1.96 bits per heavy atom. The van der Waals surface area contributed by atoms with Crippen LogP contribution in [0.1, 0.15) is 40.2 Å². The number of likely N-dealkylation sites (tertiary alicyclic amines) is 1.